The molecule has 0 saturated carbocycles. The van der Waals surface area contributed by atoms with Gasteiger partial charge in [0.05, 0.1) is 26.1 Å². The maximum absolute atomic E-state index is 11.6. The lowest BCUT2D eigenvalue weighted by Gasteiger charge is -2.34. The molecule has 0 aromatic rings. The van der Waals surface area contributed by atoms with E-state index in [9.17, 15) is 9.59 Å². The summed E-state index contributed by atoms with van der Waals surface area (Å²) in [6, 6.07) is 0.210. The van der Waals surface area contributed by atoms with Crippen molar-refractivity contribution >= 4 is 11.9 Å². The van der Waals surface area contributed by atoms with E-state index in [4.69, 9.17) is 9.47 Å². The molecule has 5 nitrogen and oxygen atoms in total. The molecule has 0 spiro atoms. The Morgan fingerprint density at radius 2 is 1.79 bits per heavy atom. The Hall–Kier alpha value is -1.10. The molecule has 0 radical (unpaired) electrons. The molecular weight excluding hydrogens is 246 g/mol. The largest absolute Gasteiger partial charge is 0.466 e. The Morgan fingerprint density at radius 3 is 2.47 bits per heavy atom. The van der Waals surface area contributed by atoms with E-state index >= 15 is 0 Å². The second kappa shape index (κ2) is 8.91. The lowest BCUT2D eigenvalue weighted by Crippen LogP contribution is -2.42. The summed E-state index contributed by atoms with van der Waals surface area (Å²) in [5.41, 5.74) is 0. The van der Waals surface area contributed by atoms with Crippen molar-refractivity contribution in [1.82, 2.24) is 4.90 Å². The zero-order chi connectivity index (χ0) is 14.1. The minimum atomic E-state index is -0.164. The van der Waals surface area contributed by atoms with Gasteiger partial charge in [-0.15, -0.1) is 0 Å². The highest BCUT2D eigenvalue weighted by Gasteiger charge is 2.25. The molecule has 0 aromatic carbocycles. The van der Waals surface area contributed by atoms with E-state index in [1.165, 1.54) is 0 Å². The van der Waals surface area contributed by atoms with Crippen molar-refractivity contribution in [2.45, 2.75) is 52.0 Å². The molecule has 1 rings (SSSR count). The first kappa shape index (κ1) is 16.0. The molecule has 1 aliphatic rings. The van der Waals surface area contributed by atoms with E-state index in [0.29, 0.717) is 32.6 Å². The van der Waals surface area contributed by atoms with Crippen LogP contribution >= 0.6 is 0 Å². The zero-order valence-electron chi connectivity index (χ0n) is 12.0. The molecule has 0 bridgehead atoms. The molecule has 0 N–H and O–H groups in total. The van der Waals surface area contributed by atoms with Crippen LogP contribution in [-0.2, 0) is 19.1 Å². The predicted octanol–water partition coefficient (Wildman–Crippen LogP) is 1.75. The number of nitrogens with zero attached hydrogens (tertiary/aromatic N) is 1. The summed E-state index contributed by atoms with van der Waals surface area (Å²) in [7, 11) is 0. The van der Waals surface area contributed by atoms with Crippen LogP contribution in [0.5, 0.6) is 0 Å². The summed E-state index contributed by atoms with van der Waals surface area (Å²) in [4.78, 5) is 25.2. The van der Waals surface area contributed by atoms with Crippen molar-refractivity contribution < 1.29 is 19.1 Å². The van der Waals surface area contributed by atoms with E-state index in [1.807, 2.05) is 13.8 Å². The van der Waals surface area contributed by atoms with Gasteiger partial charge in [0.15, 0.2) is 0 Å². The summed E-state index contributed by atoms with van der Waals surface area (Å²) < 4.78 is 9.93. The van der Waals surface area contributed by atoms with Crippen LogP contribution in [0.3, 0.4) is 0 Å². The van der Waals surface area contributed by atoms with Crippen molar-refractivity contribution in [3.63, 3.8) is 0 Å². The highest BCUT2D eigenvalue weighted by Crippen LogP contribution is 2.20. The number of rotatable bonds is 7. The van der Waals surface area contributed by atoms with Gasteiger partial charge in [-0.3, -0.25) is 14.5 Å². The molecule has 1 fully saturated rings. The second-order valence-corrected chi connectivity index (χ2v) is 4.75. The Labute approximate surface area is 115 Å². The van der Waals surface area contributed by atoms with Crippen LogP contribution < -0.4 is 0 Å². The molecule has 19 heavy (non-hydrogen) atoms. The van der Waals surface area contributed by atoms with Crippen molar-refractivity contribution in [3.8, 4) is 0 Å². The van der Waals surface area contributed by atoms with Crippen LogP contribution in [0.2, 0.25) is 0 Å². The van der Waals surface area contributed by atoms with E-state index in [0.717, 1.165) is 25.8 Å². The van der Waals surface area contributed by atoms with E-state index in [-0.39, 0.29) is 18.0 Å². The molecular formula is C14H25NO4. The smallest absolute Gasteiger partial charge is 0.307 e. The monoisotopic (exact) mass is 271 g/mol. The third kappa shape index (κ3) is 6.05. The van der Waals surface area contributed by atoms with Crippen LogP contribution in [0.4, 0.5) is 0 Å². The van der Waals surface area contributed by atoms with Gasteiger partial charge in [0.2, 0.25) is 0 Å². The van der Waals surface area contributed by atoms with Crippen molar-refractivity contribution in [2.24, 2.45) is 0 Å². The number of hydrogen-bond acceptors (Lipinski definition) is 5. The second-order valence-electron chi connectivity index (χ2n) is 4.75. The molecule has 1 heterocycles. The minimum Gasteiger partial charge on any atom is -0.466 e. The summed E-state index contributed by atoms with van der Waals surface area (Å²) in [6.07, 6.45) is 4.09. The van der Waals surface area contributed by atoms with E-state index < -0.39 is 0 Å². The molecule has 0 aliphatic carbocycles. The van der Waals surface area contributed by atoms with Crippen LogP contribution in [0.15, 0.2) is 0 Å². The lowest BCUT2D eigenvalue weighted by atomic mass is 9.99. The number of carbonyl (C=O) groups excluding carboxylic acids is 2. The predicted molar refractivity (Wildman–Crippen MR) is 71.7 cm³/mol. The average Bonchev–Trinajstić information content (AvgIpc) is 2.38. The highest BCUT2D eigenvalue weighted by atomic mass is 16.5. The molecule has 5 heteroatoms. The normalized spacial score (nSPS) is 20.0. The number of likely N-dealkylation sites (tertiary alicyclic amines) is 1. The number of carbonyl (C=O) groups is 2. The number of hydrogen-bond donors (Lipinski definition) is 0. The zero-order valence-corrected chi connectivity index (χ0v) is 12.0. The maximum Gasteiger partial charge on any atom is 0.307 e. The molecule has 1 atom stereocenters. The molecule has 0 amide bonds. The van der Waals surface area contributed by atoms with Crippen molar-refractivity contribution in [2.75, 3.05) is 26.3 Å². The molecule has 1 aliphatic heterocycles. The number of esters is 2. The lowest BCUT2D eigenvalue weighted by molar-refractivity contribution is -0.145. The first-order valence-electron chi connectivity index (χ1n) is 7.22. The van der Waals surface area contributed by atoms with Crippen molar-refractivity contribution in [3.05, 3.63) is 0 Å². The quantitative estimate of drug-likeness (QED) is 0.660. The molecule has 1 saturated heterocycles. The van der Waals surface area contributed by atoms with Crippen LogP contribution in [0, 0.1) is 0 Å². The summed E-state index contributed by atoms with van der Waals surface area (Å²) in [5.74, 6) is -0.307. The Bertz CT molecular complexity index is 293. The van der Waals surface area contributed by atoms with Gasteiger partial charge in [0, 0.05) is 12.6 Å². The third-order valence-corrected chi connectivity index (χ3v) is 3.37. The summed E-state index contributed by atoms with van der Waals surface area (Å²) >= 11 is 0. The van der Waals surface area contributed by atoms with Crippen molar-refractivity contribution in [1.29, 1.82) is 0 Å². The first-order valence-corrected chi connectivity index (χ1v) is 7.22. The standard InChI is InChI=1S/C14H25NO4/c1-3-18-13(16)8-10-15-9-6-5-7-12(15)11-14(17)19-4-2/h12H,3-11H2,1-2H3. The molecule has 110 valence electrons. The van der Waals surface area contributed by atoms with Crippen LogP contribution in [-0.4, -0.2) is 49.2 Å². The number of piperidine rings is 1. The molecule has 1 unspecified atom stereocenters. The van der Waals surface area contributed by atoms with Gasteiger partial charge in [-0.05, 0) is 33.2 Å². The fraction of sp³-hybridized carbons (Fsp3) is 0.857. The Kier molecular flexibility index (Phi) is 7.48. The van der Waals surface area contributed by atoms with E-state index in [2.05, 4.69) is 4.90 Å². The van der Waals surface area contributed by atoms with Gasteiger partial charge in [-0.1, -0.05) is 6.42 Å². The SMILES string of the molecule is CCOC(=O)CCN1CCCCC1CC(=O)OCC. The van der Waals surface area contributed by atoms with Gasteiger partial charge < -0.3 is 9.47 Å². The average molecular weight is 271 g/mol. The van der Waals surface area contributed by atoms with Gasteiger partial charge in [-0.25, -0.2) is 0 Å². The number of ether oxygens (including phenoxy) is 2. The summed E-state index contributed by atoms with van der Waals surface area (Å²) in [6.45, 7) is 6.09. The maximum atomic E-state index is 11.6. The van der Waals surface area contributed by atoms with Gasteiger partial charge in [0.1, 0.15) is 0 Å². The van der Waals surface area contributed by atoms with Crippen LogP contribution in [0.1, 0.15) is 46.0 Å². The Morgan fingerprint density at radius 1 is 1.11 bits per heavy atom. The van der Waals surface area contributed by atoms with Gasteiger partial charge >= 0.3 is 11.9 Å². The fourth-order valence-electron chi connectivity index (χ4n) is 2.47. The highest BCUT2D eigenvalue weighted by molar-refractivity contribution is 5.70. The van der Waals surface area contributed by atoms with Gasteiger partial charge in [0.25, 0.3) is 0 Å². The minimum absolute atomic E-state index is 0.143. The Balaban J connectivity index is 2.39. The first-order chi connectivity index (χ1) is 9.17. The third-order valence-electron chi connectivity index (χ3n) is 3.37. The van der Waals surface area contributed by atoms with E-state index in [1.54, 1.807) is 0 Å². The van der Waals surface area contributed by atoms with Gasteiger partial charge in [-0.2, -0.15) is 0 Å². The van der Waals surface area contributed by atoms with Crippen LogP contribution in [0.25, 0.3) is 0 Å². The summed E-state index contributed by atoms with van der Waals surface area (Å²) in [5, 5.41) is 0. The fourth-order valence-corrected chi connectivity index (χ4v) is 2.47. The topological polar surface area (TPSA) is 55.8 Å². The molecule has 0 aromatic heterocycles.